The van der Waals surface area contributed by atoms with Crippen molar-refractivity contribution in [3.63, 3.8) is 0 Å². The summed E-state index contributed by atoms with van der Waals surface area (Å²) in [6, 6.07) is 3.40. The van der Waals surface area contributed by atoms with Crippen LogP contribution in [-0.4, -0.2) is 17.4 Å². The third-order valence-electron chi connectivity index (χ3n) is 2.87. The Morgan fingerprint density at radius 1 is 1.41 bits per heavy atom. The van der Waals surface area contributed by atoms with E-state index in [0.717, 1.165) is 18.4 Å². The van der Waals surface area contributed by atoms with Crippen LogP contribution in [0.3, 0.4) is 0 Å². The Balaban J connectivity index is 2.01. The molecule has 0 aliphatic heterocycles. The maximum Gasteiger partial charge on any atom is 0.309 e. The van der Waals surface area contributed by atoms with Crippen molar-refractivity contribution in [2.75, 3.05) is 0 Å². The predicted octanol–water partition coefficient (Wildman–Crippen LogP) is -1.00. The van der Waals surface area contributed by atoms with Crippen molar-refractivity contribution in [2.45, 2.75) is 24.8 Å². The van der Waals surface area contributed by atoms with Gasteiger partial charge in [-0.2, -0.15) is 4.73 Å². The summed E-state index contributed by atoms with van der Waals surface area (Å²) in [6.45, 7) is 0. The SMILES string of the molecule is NC(=O)C(=O)NC1(Cc2cc[n+]([O-])cc2)CC1. The van der Waals surface area contributed by atoms with Crippen molar-refractivity contribution in [1.29, 1.82) is 0 Å². The van der Waals surface area contributed by atoms with E-state index in [2.05, 4.69) is 5.32 Å². The molecular formula is C11H13N3O3. The van der Waals surface area contributed by atoms with Crippen molar-refractivity contribution < 1.29 is 14.3 Å². The van der Waals surface area contributed by atoms with Crippen LogP contribution in [0, 0.1) is 5.21 Å². The molecule has 1 aliphatic carbocycles. The molecule has 2 rings (SSSR count). The number of carbonyl (C=O) groups is 2. The minimum atomic E-state index is -0.971. The predicted molar refractivity (Wildman–Crippen MR) is 58.4 cm³/mol. The number of hydrogen-bond donors (Lipinski definition) is 2. The average molecular weight is 235 g/mol. The number of rotatable bonds is 3. The third kappa shape index (κ3) is 2.72. The Morgan fingerprint density at radius 2 is 2.00 bits per heavy atom. The van der Waals surface area contributed by atoms with Gasteiger partial charge in [-0.25, -0.2) is 0 Å². The maximum absolute atomic E-state index is 11.2. The molecule has 6 nitrogen and oxygen atoms in total. The van der Waals surface area contributed by atoms with E-state index in [9.17, 15) is 14.8 Å². The Kier molecular flexibility index (Phi) is 2.71. The second-order valence-electron chi connectivity index (χ2n) is 4.34. The van der Waals surface area contributed by atoms with E-state index in [1.54, 1.807) is 12.1 Å². The Hall–Kier alpha value is -2.11. The number of nitrogens with one attached hydrogen (secondary N) is 1. The van der Waals surface area contributed by atoms with Crippen LogP contribution in [0.25, 0.3) is 0 Å². The topological polar surface area (TPSA) is 99.1 Å². The van der Waals surface area contributed by atoms with Gasteiger partial charge in [0.25, 0.3) is 0 Å². The largest absolute Gasteiger partial charge is 0.619 e. The smallest absolute Gasteiger partial charge is 0.309 e. The summed E-state index contributed by atoms with van der Waals surface area (Å²) in [5.41, 5.74) is 5.47. The molecule has 1 aromatic rings. The van der Waals surface area contributed by atoms with Gasteiger partial charge in [0, 0.05) is 17.7 Å². The highest BCUT2D eigenvalue weighted by Gasteiger charge is 2.44. The van der Waals surface area contributed by atoms with E-state index in [1.807, 2.05) is 0 Å². The number of hydrogen-bond acceptors (Lipinski definition) is 3. The standard InChI is InChI=1S/C11H13N3O3/c12-9(15)10(16)13-11(3-4-11)7-8-1-5-14(17)6-2-8/h1-2,5-6H,3-4,7H2,(H2,12,15)(H,13,16). The number of aromatic nitrogens is 1. The van der Waals surface area contributed by atoms with Gasteiger partial charge in [0.1, 0.15) is 0 Å². The molecule has 1 aromatic heterocycles. The quantitative estimate of drug-likeness (QED) is 0.399. The molecule has 0 spiro atoms. The van der Waals surface area contributed by atoms with Gasteiger partial charge in [-0.3, -0.25) is 9.59 Å². The molecule has 0 radical (unpaired) electrons. The highest BCUT2D eigenvalue weighted by atomic mass is 16.5. The molecule has 1 aliphatic rings. The summed E-state index contributed by atoms with van der Waals surface area (Å²) in [4.78, 5) is 21.9. The van der Waals surface area contributed by atoms with E-state index in [0.29, 0.717) is 11.2 Å². The zero-order chi connectivity index (χ0) is 12.5. The van der Waals surface area contributed by atoms with E-state index in [1.165, 1.54) is 12.4 Å². The van der Waals surface area contributed by atoms with Crippen molar-refractivity contribution in [1.82, 2.24) is 5.32 Å². The minimum absolute atomic E-state index is 0.360. The average Bonchev–Trinajstić information content (AvgIpc) is 3.01. The van der Waals surface area contributed by atoms with Gasteiger partial charge in [-0.1, -0.05) is 0 Å². The number of amides is 2. The summed E-state index contributed by atoms with van der Waals surface area (Å²) in [5, 5.41) is 13.5. The molecular weight excluding hydrogens is 222 g/mol. The molecule has 3 N–H and O–H groups in total. The fraction of sp³-hybridized carbons (Fsp3) is 0.364. The lowest BCUT2D eigenvalue weighted by atomic mass is 10.1. The normalized spacial score (nSPS) is 16.2. The van der Waals surface area contributed by atoms with Crippen molar-refractivity contribution in [3.05, 3.63) is 35.3 Å². The van der Waals surface area contributed by atoms with E-state index < -0.39 is 11.8 Å². The van der Waals surface area contributed by atoms with Crippen LogP contribution in [0.5, 0.6) is 0 Å². The molecule has 90 valence electrons. The van der Waals surface area contributed by atoms with Crippen LogP contribution in [-0.2, 0) is 16.0 Å². The Labute approximate surface area is 98.0 Å². The lowest BCUT2D eigenvalue weighted by molar-refractivity contribution is -0.605. The first-order chi connectivity index (χ1) is 8.01. The second-order valence-corrected chi connectivity index (χ2v) is 4.34. The minimum Gasteiger partial charge on any atom is -0.619 e. The van der Waals surface area contributed by atoms with Crippen LogP contribution < -0.4 is 15.8 Å². The number of pyridine rings is 1. The van der Waals surface area contributed by atoms with Crippen LogP contribution in [0.15, 0.2) is 24.5 Å². The lowest BCUT2D eigenvalue weighted by Crippen LogP contribution is -2.45. The highest BCUT2D eigenvalue weighted by Crippen LogP contribution is 2.38. The molecule has 0 saturated heterocycles. The van der Waals surface area contributed by atoms with Crippen LogP contribution in [0.4, 0.5) is 0 Å². The number of nitrogens with two attached hydrogens (primary N) is 1. The van der Waals surface area contributed by atoms with Gasteiger partial charge < -0.3 is 16.3 Å². The first-order valence-electron chi connectivity index (χ1n) is 5.30. The highest BCUT2D eigenvalue weighted by molar-refractivity contribution is 6.34. The molecule has 0 aromatic carbocycles. The maximum atomic E-state index is 11.2. The van der Waals surface area contributed by atoms with Gasteiger partial charge in [0.15, 0.2) is 12.4 Å². The molecule has 0 bridgehead atoms. The summed E-state index contributed by atoms with van der Waals surface area (Å²) in [6.07, 6.45) is 5.05. The van der Waals surface area contributed by atoms with Gasteiger partial charge in [0.2, 0.25) is 0 Å². The Bertz CT molecular complexity index is 452. The molecule has 1 heterocycles. The fourth-order valence-corrected chi connectivity index (χ4v) is 1.75. The summed E-state index contributed by atoms with van der Waals surface area (Å²) >= 11 is 0. The molecule has 0 unspecified atom stereocenters. The van der Waals surface area contributed by atoms with Crippen LogP contribution in [0.2, 0.25) is 0 Å². The van der Waals surface area contributed by atoms with Gasteiger partial charge in [-0.05, 0) is 24.8 Å². The molecule has 1 saturated carbocycles. The van der Waals surface area contributed by atoms with Crippen LogP contribution >= 0.6 is 0 Å². The van der Waals surface area contributed by atoms with Crippen molar-refractivity contribution in [2.24, 2.45) is 5.73 Å². The van der Waals surface area contributed by atoms with Gasteiger partial charge in [0.05, 0.1) is 0 Å². The number of primary amides is 1. The molecule has 0 atom stereocenters. The first-order valence-corrected chi connectivity index (χ1v) is 5.30. The molecule has 2 amide bonds. The summed E-state index contributed by atoms with van der Waals surface area (Å²) in [5.74, 6) is -1.72. The zero-order valence-electron chi connectivity index (χ0n) is 9.18. The second kappa shape index (κ2) is 4.04. The molecule has 17 heavy (non-hydrogen) atoms. The van der Waals surface area contributed by atoms with E-state index in [4.69, 9.17) is 5.73 Å². The summed E-state index contributed by atoms with van der Waals surface area (Å²) in [7, 11) is 0. The van der Waals surface area contributed by atoms with E-state index in [-0.39, 0.29) is 5.54 Å². The van der Waals surface area contributed by atoms with Crippen molar-refractivity contribution >= 4 is 11.8 Å². The van der Waals surface area contributed by atoms with Gasteiger partial charge >= 0.3 is 11.8 Å². The number of nitrogens with zero attached hydrogens (tertiary/aromatic N) is 1. The fourth-order valence-electron chi connectivity index (χ4n) is 1.75. The zero-order valence-corrected chi connectivity index (χ0v) is 9.18. The number of carbonyl (C=O) groups excluding carboxylic acids is 2. The Morgan fingerprint density at radius 3 is 2.47 bits per heavy atom. The molecule has 1 fully saturated rings. The van der Waals surface area contributed by atoms with Crippen LogP contribution in [0.1, 0.15) is 18.4 Å². The molecule has 6 heteroatoms. The van der Waals surface area contributed by atoms with Crippen molar-refractivity contribution in [3.8, 4) is 0 Å². The monoisotopic (exact) mass is 235 g/mol. The van der Waals surface area contributed by atoms with Gasteiger partial charge in [-0.15, -0.1) is 0 Å². The van der Waals surface area contributed by atoms with E-state index >= 15 is 0 Å². The third-order valence-corrected chi connectivity index (χ3v) is 2.87. The first kappa shape index (κ1) is 11.4. The lowest BCUT2D eigenvalue weighted by Gasteiger charge is -2.15. The summed E-state index contributed by atoms with van der Waals surface area (Å²) < 4.78 is 0.699.